The SMILES string of the molecule is O=C(c1ccc(Cl)cc1O)N1CCCC(CBr)C1. The standard InChI is InChI=1S/C13H15BrClNO2/c14-7-9-2-1-5-16(8-9)13(18)11-4-3-10(15)6-12(11)17/h3-4,6,9,17H,1-2,5,7-8H2. The van der Waals surface area contributed by atoms with Crippen molar-refractivity contribution in [3.63, 3.8) is 0 Å². The maximum atomic E-state index is 12.3. The number of phenolic OH excluding ortho intramolecular Hbond substituents is 1. The number of hydrogen-bond acceptors (Lipinski definition) is 2. The fourth-order valence-corrected chi connectivity index (χ4v) is 2.93. The highest BCUT2D eigenvalue weighted by Crippen LogP contribution is 2.26. The first-order valence-electron chi connectivity index (χ1n) is 5.95. The molecule has 1 unspecified atom stereocenters. The summed E-state index contributed by atoms with van der Waals surface area (Å²) in [7, 11) is 0. The molecule has 1 heterocycles. The van der Waals surface area contributed by atoms with Gasteiger partial charge in [-0.2, -0.15) is 0 Å². The molecule has 1 aromatic rings. The lowest BCUT2D eigenvalue weighted by atomic mass is 9.99. The highest BCUT2D eigenvalue weighted by Gasteiger charge is 2.25. The molecule has 1 atom stereocenters. The molecule has 1 saturated heterocycles. The average Bonchev–Trinajstić information content (AvgIpc) is 2.38. The van der Waals surface area contributed by atoms with Gasteiger partial charge in [-0.25, -0.2) is 0 Å². The van der Waals surface area contributed by atoms with Crippen molar-refractivity contribution in [2.75, 3.05) is 18.4 Å². The smallest absolute Gasteiger partial charge is 0.257 e. The second kappa shape index (κ2) is 5.93. The number of carbonyl (C=O) groups excluding carboxylic acids is 1. The first-order chi connectivity index (χ1) is 8.61. The molecule has 18 heavy (non-hydrogen) atoms. The van der Waals surface area contributed by atoms with Crippen LogP contribution >= 0.6 is 27.5 Å². The van der Waals surface area contributed by atoms with E-state index in [1.165, 1.54) is 6.07 Å². The topological polar surface area (TPSA) is 40.5 Å². The van der Waals surface area contributed by atoms with Crippen molar-refractivity contribution in [1.29, 1.82) is 0 Å². The van der Waals surface area contributed by atoms with Crippen molar-refractivity contribution in [2.24, 2.45) is 5.92 Å². The third-order valence-corrected chi connectivity index (χ3v) is 4.37. The highest BCUT2D eigenvalue weighted by atomic mass is 79.9. The number of benzene rings is 1. The van der Waals surface area contributed by atoms with E-state index in [-0.39, 0.29) is 11.7 Å². The van der Waals surface area contributed by atoms with Gasteiger partial charge in [0.05, 0.1) is 5.56 Å². The maximum absolute atomic E-state index is 12.3. The van der Waals surface area contributed by atoms with Gasteiger partial charge in [-0.3, -0.25) is 4.79 Å². The number of phenols is 1. The zero-order valence-electron chi connectivity index (χ0n) is 9.90. The molecule has 1 fully saturated rings. The third-order valence-electron chi connectivity index (χ3n) is 3.21. The molecule has 1 amide bonds. The monoisotopic (exact) mass is 331 g/mol. The van der Waals surface area contributed by atoms with Gasteiger partial charge in [0, 0.05) is 23.4 Å². The van der Waals surface area contributed by atoms with Gasteiger partial charge >= 0.3 is 0 Å². The molecule has 3 nitrogen and oxygen atoms in total. The van der Waals surface area contributed by atoms with Gasteiger partial charge in [0.1, 0.15) is 5.75 Å². The van der Waals surface area contributed by atoms with Crippen LogP contribution in [0.1, 0.15) is 23.2 Å². The van der Waals surface area contributed by atoms with Gasteiger partial charge in [-0.05, 0) is 37.0 Å². The Kier molecular flexibility index (Phi) is 4.51. The molecule has 98 valence electrons. The van der Waals surface area contributed by atoms with Crippen molar-refractivity contribution in [2.45, 2.75) is 12.8 Å². The molecule has 1 aliphatic rings. The number of amides is 1. The summed E-state index contributed by atoms with van der Waals surface area (Å²) < 4.78 is 0. The molecule has 0 spiro atoms. The Balaban J connectivity index is 2.15. The van der Waals surface area contributed by atoms with Crippen molar-refractivity contribution in [1.82, 2.24) is 4.90 Å². The zero-order valence-corrected chi connectivity index (χ0v) is 12.2. The van der Waals surface area contributed by atoms with Crippen LogP contribution in [0.4, 0.5) is 0 Å². The molecule has 0 aliphatic carbocycles. The Hall–Kier alpha value is -0.740. The highest BCUT2D eigenvalue weighted by molar-refractivity contribution is 9.09. The van der Waals surface area contributed by atoms with Crippen LogP contribution in [-0.2, 0) is 0 Å². The van der Waals surface area contributed by atoms with Gasteiger partial charge in [0.25, 0.3) is 5.91 Å². The summed E-state index contributed by atoms with van der Waals surface area (Å²) >= 11 is 9.22. The van der Waals surface area contributed by atoms with Crippen molar-refractivity contribution in [3.05, 3.63) is 28.8 Å². The summed E-state index contributed by atoms with van der Waals surface area (Å²) in [6, 6.07) is 4.61. The summed E-state index contributed by atoms with van der Waals surface area (Å²) in [5.74, 6) is 0.334. The number of aromatic hydroxyl groups is 1. The Labute approximate surface area is 120 Å². The fourth-order valence-electron chi connectivity index (χ4n) is 2.23. The Morgan fingerprint density at radius 1 is 1.56 bits per heavy atom. The number of piperidine rings is 1. The minimum Gasteiger partial charge on any atom is -0.507 e. The van der Waals surface area contributed by atoms with Crippen molar-refractivity contribution < 1.29 is 9.90 Å². The maximum Gasteiger partial charge on any atom is 0.257 e. The Morgan fingerprint density at radius 3 is 3.00 bits per heavy atom. The minimum absolute atomic E-state index is 0.0477. The van der Waals surface area contributed by atoms with Crippen LogP contribution in [0.2, 0.25) is 5.02 Å². The number of likely N-dealkylation sites (tertiary alicyclic amines) is 1. The predicted octanol–water partition coefficient (Wildman–Crippen LogP) is 3.29. The minimum atomic E-state index is -0.116. The van der Waals surface area contributed by atoms with Gasteiger partial charge in [0.2, 0.25) is 0 Å². The van der Waals surface area contributed by atoms with Gasteiger partial charge in [-0.1, -0.05) is 27.5 Å². The molecular formula is C13H15BrClNO2. The van der Waals surface area contributed by atoms with Crippen LogP contribution in [0.15, 0.2) is 18.2 Å². The number of halogens is 2. The van der Waals surface area contributed by atoms with Crippen LogP contribution in [0.3, 0.4) is 0 Å². The summed E-state index contributed by atoms with van der Waals surface area (Å²) in [5, 5.41) is 11.1. The van der Waals surface area contributed by atoms with E-state index in [1.807, 2.05) is 0 Å². The second-order valence-electron chi connectivity index (χ2n) is 4.58. The number of alkyl halides is 1. The molecule has 2 rings (SSSR count). The number of hydrogen-bond donors (Lipinski definition) is 1. The molecule has 0 aromatic heterocycles. The van der Waals surface area contributed by atoms with E-state index < -0.39 is 0 Å². The molecule has 1 aromatic carbocycles. The second-order valence-corrected chi connectivity index (χ2v) is 5.66. The fraction of sp³-hybridized carbons (Fsp3) is 0.462. The molecule has 0 bridgehead atoms. The molecule has 0 saturated carbocycles. The molecule has 5 heteroatoms. The largest absolute Gasteiger partial charge is 0.507 e. The number of rotatable bonds is 2. The lowest BCUT2D eigenvalue weighted by Gasteiger charge is -2.32. The average molecular weight is 333 g/mol. The normalized spacial score (nSPS) is 19.9. The summed E-state index contributed by atoms with van der Waals surface area (Å²) in [6.45, 7) is 1.50. The summed E-state index contributed by atoms with van der Waals surface area (Å²) in [6.07, 6.45) is 2.15. The lowest BCUT2D eigenvalue weighted by molar-refractivity contribution is 0.0683. The first-order valence-corrected chi connectivity index (χ1v) is 7.45. The first kappa shape index (κ1) is 13.7. The molecular weight excluding hydrogens is 318 g/mol. The Bertz CT molecular complexity index is 453. The molecule has 1 N–H and O–H groups in total. The molecule has 1 aliphatic heterocycles. The van der Waals surface area contributed by atoms with Gasteiger partial charge in [-0.15, -0.1) is 0 Å². The van der Waals surface area contributed by atoms with Crippen LogP contribution in [0, 0.1) is 5.92 Å². The van der Waals surface area contributed by atoms with Crippen LogP contribution in [0.5, 0.6) is 5.75 Å². The molecule has 0 radical (unpaired) electrons. The van der Waals surface area contributed by atoms with E-state index in [0.717, 1.165) is 31.3 Å². The Morgan fingerprint density at radius 2 is 2.33 bits per heavy atom. The lowest BCUT2D eigenvalue weighted by Crippen LogP contribution is -2.40. The third kappa shape index (κ3) is 2.98. The number of nitrogens with zero attached hydrogens (tertiary/aromatic N) is 1. The van der Waals surface area contributed by atoms with E-state index in [9.17, 15) is 9.90 Å². The summed E-state index contributed by atoms with van der Waals surface area (Å²) in [4.78, 5) is 14.1. The van der Waals surface area contributed by atoms with E-state index in [4.69, 9.17) is 11.6 Å². The van der Waals surface area contributed by atoms with Crippen molar-refractivity contribution in [3.8, 4) is 5.75 Å². The van der Waals surface area contributed by atoms with Crippen molar-refractivity contribution >= 4 is 33.4 Å². The van der Waals surface area contributed by atoms with E-state index in [0.29, 0.717) is 16.5 Å². The quantitative estimate of drug-likeness (QED) is 0.844. The predicted molar refractivity (Wildman–Crippen MR) is 75.5 cm³/mol. The number of carbonyl (C=O) groups is 1. The van der Waals surface area contributed by atoms with E-state index in [1.54, 1.807) is 17.0 Å². The van der Waals surface area contributed by atoms with Crippen LogP contribution < -0.4 is 0 Å². The summed E-state index contributed by atoms with van der Waals surface area (Å²) in [5.41, 5.74) is 0.328. The zero-order chi connectivity index (χ0) is 13.1. The van der Waals surface area contributed by atoms with E-state index >= 15 is 0 Å². The van der Waals surface area contributed by atoms with Gasteiger partial charge < -0.3 is 10.0 Å². The van der Waals surface area contributed by atoms with Gasteiger partial charge in [0.15, 0.2) is 0 Å². The van der Waals surface area contributed by atoms with E-state index in [2.05, 4.69) is 15.9 Å². The van der Waals surface area contributed by atoms with Crippen LogP contribution in [-0.4, -0.2) is 34.3 Å². The van der Waals surface area contributed by atoms with Crippen LogP contribution in [0.25, 0.3) is 0 Å².